The fourth-order valence-electron chi connectivity index (χ4n) is 1.69. The van der Waals surface area contributed by atoms with Crippen molar-refractivity contribution in [1.82, 2.24) is 0 Å². The lowest BCUT2D eigenvalue weighted by Crippen LogP contribution is -2.10. The Hall–Kier alpha value is -1.99. The van der Waals surface area contributed by atoms with E-state index in [4.69, 9.17) is 26.7 Å². The van der Waals surface area contributed by atoms with Gasteiger partial charge in [0.15, 0.2) is 0 Å². The van der Waals surface area contributed by atoms with Gasteiger partial charge in [-0.1, -0.05) is 11.6 Å². The molecule has 0 radical (unpaired) electrons. The molecule has 0 saturated carbocycles. The van der Waals surface area contributed by atoms with Gasteiger partial charge in [0.1, 0.15) is 5.75 Å². The van der Waals surface area contributed by atoms with Crippen LogP contribution in [0.25, 0.3) is 6.08 Å². The molecule has 0 aliphatic carbocycles. The van der Waals surface area contributed by atoms with Crippen LogP contribution >= 0.6 is 11.6 Å². The quantitative estimate of drug-likeness (QED) is 0.607. The van der Waals surface area contributed by atoms with Gasteiger partial charge in [0, 0.05) is 16.7 Å². The zero-order chi connectivity index (χ0) is 15.9. The Balaban J connectivity index is 2.67. The molecule has 0 fully saturated rings. The first-order valence-electron chi connectivity index (χ1n) is 6.59. The minimum Gasteiger partial charge on any atom is -0.493 e. The number of nitriles is 1. The van der Waals surface area contributed by atoms with Gasteiger partial charge in [0.05, 0.1) is 18.1 Å². The lowest BCUT2D eigenvalue weighted by Gasteiger charge is -2.15. The summed E-state index contributed by atoms with van der Waals surface area (Å²) in [7, 11) is 0. The van der Waals surface area contributed by atoms with E-state index in [1.807, 2.05) is 13.8 Å². The molecule has 1 aromatic carbocycles. The van der Waals surface area contributed by atoms with Crippen LogP contribution in [-0.4, -0.2) is 17.7 Å². The fourth-order valence-corrected chi connectivity index (χ4v) is 1.87. The van der Waals surface area contributed by atoms with Crippen molar-refractivity contribution in [1.29, 1.82) is 5.26 Å². The van der Waals surface area contributed by atoms with Crippen LogP contribution < -0.4 is 4.74 Å². The molecule has 0 unspecified atom stereocenters. The predicted molar refractivity (Wildman–Crippen MR) is 82.2 cm³/mol. The molecule has 0 atom stereocenters. The van der Waals surface area contributed by atoms with E-state index in [9.17, 15) is 4.79 Å². The summed E-state index contributed by atoms with van der Waals surface area (Å²) in [6.45, 7) is 4.23. The van der Waals surface area contributed by atoms with Gasteiger partial charge in [-0.2, -0.15) is 5.26 Å². The van der Waals surface area contributed by atoms with Gasteiger partial charge in [-0.15, -0.1) is 0 Å². The summed E-state index contributed by atoms with van der Waals surface area (Å²) in [4.78, 5) is 10.6. The molecule has 0 amide bonds. The third-order valence-electron chi connectivity index (χ3n) is 2.88. The van der Waals surface area contributed by atoms with Gasteiger partial charge in [-0.05, 0) is 51.0 Å². The van der Waals surface area contributed by atoms with E-state index < -0.39 is 5.97 Å². The van der Waals surface area contributed by atoms with Crippen molar-refractivity contribution in [2.75, 3.05) is 6.61 Å². The summed E-state index contributed by atoms with van der Waals surface area (Å²) < 4.78 is 5.65. The summed E-state index contributed by atoms with van der Waals surface area (Å²) in [5.74, 6) is -0.455. The lowest BCUT2D eigenvalue weighted by molar-refractivity contribution is -0.131. The van der Waals surface area contributed by atoms with E-state index in [2.05, 4.69) is 6.07 Å². The van der Waals surface area contributed by atoms with Gasteiger partial charge in [0.25, 0.3) is 0 Å². The second-order valence-corrected chi connectivity index (χ2v) is 5.74. The van der Waals surface area contributed by atoms with Gasteiger partial charge in [0.2, 0.25) is 0 Å². The topological polar surface area (TPSA) is 70.3 Å². The highest BCUT2D eigenvalue weighted by Gasteiger charge is 2.15. The Labute approximate surface area is 129 Å². The van der Waals surface area contributed by atoms with Crippen LogP contribution in [0.15, 0.2) is 24.3 Å². The largest absolute Gasteiger partial charge is 0.493 e. The molecule has 0 bridgehead atoms. The molecular formula is C16H18ClNO3. The molecule has 5 heteroatoms. The lowest BCUT2D eigenvalue weighted by atomic mass is 9.90. The maximum Gasteiger partial charge on any atom is 0.328 e. The first kappa shape index (κ1) is 17.1. The Morgan fingerprint density at radius 3 is 2.86 bits per heavy atom. The van der Waals surface area contributed by atoms with Gasteiger partial charge in [-0.3, -0.25) is 0 Å². The third-order valence-corrected chi connectivity index (χ3v) is 3.12. The minimum absolute atomic E-state index is 0.366. The molecule has 21 heavy (non-hydrogen) atoms. The smallest absolute Gasteiger partial charge is 0.328 e. The number of ether oxygens (including phenoxy) is 1. The maximum atomic E-state index is 10.6. The maximum absolute atomic E-state index is 10.6. The van der Waals surface area contributed by atoms with Crippen LogP contribution in [0, 0.1) is 16.7 Å². The van der Waals surface area contributed by atoms with Crippen molar-refractivity contribution in [2.24, 2.45) is 5.41 Å². The first-order chi connectivity index (χ1) is 9.84. The average molecular weight is 308 g/mol. The number of halogens is 1. The van der Waals surface area contributed by atoms with E-state index in [0.29, 0.717) is 22.9 Å². The van der Waals surface area contributed by atoms with Crippen molar-refractivity contribution in [3.63, 3.8) is 0 Å². The van der Waals surface area contributed by atoms with Gasteiger partial charge in [-0.25, -0.2) is 4.79 Å². The molecule has 112 valence electrons. The summed E-state index contributed by atoms with van der Waals surface area (Å²) in [6.07, 6.45) is 3.96. The monoisotopic (exact) mass is 307 g/mol. The number of carboxylic acid groups (broad SMARTS) is 1. The molecule has 1 rings (SSSR count). The standard InChI is InChI=1S/C16H18ClNO3/c1-16(2,11-18)8-3-9-21-14-6-5-13(17)10-12(14)4-7-15(19)20/h4-7,10H,3,8-9H2,1-2H3,(H,19,20). The molecular weight excluding hydrogens is 290 g/mol. The van der Waals surface area contributed by atoms with Crippen LogP contribution in [0.3, 0.4) is 0 Å². The average Bonchev–Trinajstić information content (AvgIpc) is 2.43. The number of hydrogen-bond donors (Lipinski definition) is 1. The Bertz CT molecular complexity index is 573. The third kappa shape index (κ3) is 6.33. The molecule has 0 spiro atoms. The fraction of sp³-hybridized carbons (Fsp3) is 0.375. The highest BCUT2D eigenvalue weighted by molar-refractivity contribution is 6.30. The summed E-state index contributed by atoms with van der Waals surface area (Å²) >= 11 is 5.90. The predicted octanol–water partition coefficient (Wildman–Crippen LogP) is 4.15. The van der Waals surface area contributed by atoms with Crippen LogP contribution in [0.2, 0.25) is 5.02 Å². The van der Waals surface area contributed by atoms with E-state index in [1.54, 1.807) is 18.2 Å². The van der Waals surface area contributed by atoms with Crippen LogP contribution in [-0.2, 0) is 4.79 Å². The Morgan fingerprint density at radius 1 is 1.52 bits per heavy atom. The number of nitrogens with zero attached hydrogens (tertiary/aromatic N) is 1. The summed E-state index contributed by atoms with van der Waals surface area (Å²) in [5, 5.41) is 18.1. The number of carboxylic acids is 1. The van der Waals surface area contributed by atoms with Crippen molar-refractivity contribution in [3.05, 3.63) is 34.9 Å². The molecule has 0 aliphatic heterocycles. The molecule has 1 N–H and O–H groups in total. The molecule has 0 aromatic heterocycles. The molecule has 4 nitrogen and oxygen atoms in total. The number of benzene rings is 1. The van der Waals surface area contributed by atoms with Crippen LogP contribution in [0.4, 0.5) is 0 Å². The molecule has 0 heterocycles. The van der Waals surface area contributed by atoms with Gasteiger partial charge >= 0.3 is 5.97 Å². The Morgan fingerprint density at radius 2 is 2.24 bits per heavy atom. The summed E-state index contributed by atoms with van der Waals surface area (Å²) in [6, 6.07) is 7.29. The van der Waals surface area contributed by atoms with Crippen LogP contribution in [0.1, 0.15) is 32.3 Å². The van der Waals surface area contributed by atoms with Gasteiger partial charge < -0.3 is 9.84 Å². The highest BCUT2D eigenvalue weighted by Crippen LogP contribution is 2.25. The number of carbonyl (C=O) groups is 1. The molecule has 1 aromatic rings. The molecule has 0 saturated heterocycles. The number of rotatable bonds is 7. The second kappa shape index (κ2) is 7.70. The number of aliphatic carboxylic acids is 1. The zero-order valence-electron chi connectivity index (χ0n) is 12.1. The van der Waals surface area contributed by atoms with Crippen molar-refractivity contribution in [3.8, 4) is 11.8 Å². The highest BCUT2D eigenvalue weighted by atomic mass is 35.5. The zero-order valence-corrected chi connectivity index (χ0v) is 12.9. The van der Waals surface area contributed by atoms with Crippen molar-refractivity contribution >= 4 is 23.6 Å². The van der Waals surface area contributed by atoms with E-state index in [-0.39, 0.29) is 5.41 Å². The minimum atomic E-state index is -1.03. The van der Waals surface area contributed by atoms with E-state index >= 15 is 0 Å². The van der Waals surface area contributed by atoms with Crippen LogP contribution in [0.5, 0.6) is 5.75 Å². The summed E-state index contributed by atoms with van der Waals surface area (Å²) in [5.41, 5.74) is 0.250. The normalized spacial score (nSPS) is 11.3. The van der Waals surface area contributed by atoms with Crippen molar-refractivity contribution < 1.29 is 14.6 Å². The molecule has 0 aliphatic rings. The second-order valence-electron chi connectivity index (χ2n) is 5.30. The number of hydrogen-bond acceptors (Lipinski definition) is 3. The van der Waals surface area contributed by atoms with Crippen molar-refractivity contribution in [2.45, 2.75) is 26.7 Å². The van der Waals surface area contributed by atoms with E-state index in [1.165, 1.54) is 6.08 Å². The van der Waals surface area contributed by atoms with E-state index in [0.717, 1.165) is 18.9 Å². The first-order valence-corrected chi connectivity index (χ1v) is 6.96. The Kier molecular flexibility index (Phi) is 6.26. The SMILES string of the molecule is CC(C)(C#N)CCCOc1ccc(Cl)cc1C=CC(=O)O.